The van der Waals surface area contributed by atoms with Crippen molar-refractivity contribution in [2.24, 2.45) is 5.92 Å². The van der Waals surface area contributed by atoms with Crippen LogP contribution in [-0.4, -0.2) is 29.8 Å². The summed E-state index contributed by atoms with van der Waals surface area (Å²) >= 11 is 0. The summed E-state index contributed by atoms with van der Waals surface area (Å²) in [5.41, 5.74) is 0.191. The minimum atomic E-state index is -1.62. The van der Waals surface area contributed by atoms with E-state index < -0.39 is 35.0 Å². The Bertz CT molecular complexity index is 819. The standard InChI is InChI=1S/C19H17F3N2O2/c20-14-6-7-15(17(22)16(14)21)23-18(25)12-8-10-24(11-9-12)19(26)13-4-2-1-3-5-13/h1-7,12H,8-11H2,(H,23,25). The van der Waals surface area contributed by atoms with E-state index in [-0.39, 0.29) is 5.91 Å². The van der Waals surface area contributed by atoms with Crippen LogP contribution < -0.4 is 5.32 Å². The maximum atomic E-state index is 13.7. The first kappa shape index (κ1) is 18.0. The van der Waals surface area contributed by atoms with Gasteiger partial charge in [-0.1, -0.05) is 18.2 Å². The normalized spacial score (nSPS) is 15.0. The van der Waals surface area contributed by atoms with E-state index in [1.165, 1.54) is 0 Å². The number of carbonyl (C=O) groups is 2. The molecule has 0 atom stereocenters. The van der Waals surface area contributed by atoms with Crippen molar-refractivity contribution in [3.05, 3.63) is 65.5 Å². The van der Waals surface area contributed by atoms with E-state index in [1.807, 2.05) is 6.07 Å². The highest BCUT2D eigenvalue weighted by Crippen LogP contribution is 2.24. The van der Waals surface area contributed by atoms with Gasteiger partial charge in [-0.2, -0.15) is 0 Å². The molecule has 7 heteroatoms. The van der Waals surface area contributed by atoms with Crippen LogP contribution in [-0.2, 0) is 4.79 Å². The van der Waals surface area contributed by atoms with E-state index in [9.17, 15) is 22.8 Å². The third-order valence-corrected chi connectivity index (χ3v) is 4.47. The van der Waals surface area contributed by atoms with Crippen molar-refractivity contribution in [3.63, 3.8) is 0 Å². The Kier molecular flexibility index (Phi) is 5.25. The van der Waals surface area contributed by atoms with Crippen LogP contribution in [0, 0.1) is 23.4 Å². The molecular formula is C19H17F3N2O2. The second-order valence-corrected chi connectivity index (χ2v) is 6.14. The van der Waals surface area contributed by atoms with Gasteiger partial charge in [0, 0.05) is 24.6 Å². The summed E-state index contributed by atoms with van der Waals surface area (Å²) < 4.78 is 39.8. The van der Waals surface area contributed by atoms with Crippen molar-refractivity contribution in [1.29, 1.82) is 0 Å². The van der Waals surface area contributed by atoms with Crippen molar-refractivity contribution < 1.29 is 22.8 Å². The molecule has 0 aliphatic carbocycles. The molecule has 1 aliphatic heterocycles. The molecule has 0 bridgehead atoms. The van der Waals surface area contributed by atoms with Gasteiger partial charge in [0.1, 0.15) is 0 Å². The topological polar surface area (TPSA) is 49.4 Å². The fourth-order valence-corrected chi connectivity index (χ4v) is 2.97. The minimum absolute atomic E-state index is 0.101. The van der Waals surface area contributed by atoms with Crippen LogP contribution >= 0.6 is 0 Å². The van der Waals surface area contributed by atoms with Gasteiger partial charge >= 0.3 is 0 Å². The number of carbonyl (C=O) groups excluding carboxylic acids is 2. The zero-order chi connectivity index (χ0) is 18.7. The summed E-state index contributed by atoms with van der Waals surface area (Å²) in [5.74, 6) is -5.35. The molecule has 1 heterocycles. The van der Waals surface area contributed by atoms with Gasteiger partial charge in [-0.05, 0) is 37.1 Å². The number of benzene rings is 2. The molecular weight excluding hydrogens is 345 g/mol. The van der Waals surface area contributed by atoms with Gasteiger partial charge in [0.15, 0.2) is 17.5 Å². The Morgan fingerprint density at radius 1 is 0.923 bits per heavy atom. The van der Waals surface area contributed by atoms with Crippen molar-refractivity contribution in [1.82, 2.24) is 4.90 Å². The number of piperidine rings is 1. The quantitative estimate of drug-likeness (QED) is 0.849. The Hall–Kier alpha value is -2.83. The summed E-state index contributed by atoms with van der Waals surface area (Å²) in [5, 5.41) is 2.30. The van der Waals surface area contributed by atoms with E-state index in [0.29, 0.717) is 31.5 Å². The predicted octanol–water partition coefficient (Wildman–Crippen LogP) is 3.59. The molecule has 0 saturated carbocycles. The summed E-state index contributed by atoms with van der Waals surface area (Å²) in [6, 6.07) is 10.6. The Balaban J connectivity index is 1.59. The number of hydrogen-bond acceptors (Lipinski definition) is 2. The van der Waals surface area contributed by atoms with Crippen LogP contribution in [0.4, 0.5) is 18.9 Å². The van der Waals surface area contributed by atoms with Crippen molar-refractivity contribution >= 4 is 17.5 Å². The lowest BCUT2D eigenvalue weighted by molar-refractivity contribution is -0.121. The molecule has 2 aromatic rings. The van der Waals surface area contributed by atoms with Crippen molar-refractivity contribution in [3.8, 4) is 0 Å². The maximum absolute atomic E-state index is 13.7. The Morgan fingerprint density at radius 2 is 1.58 bits per heavy atom. The molecule has 1 saturated heterocycles. The molecule has 4 nitrogen and oxygen atoms in total. The molecule has 2 amide bonds. The highest BCUT2D eigenvalue weighted by Gasteiger charge is 2.28. The summed E-state index contributed by atoms with van der Waals surface area (Å²) in [6.07, 6.45) is 0.825. The van der Waals surface area contributed by atoms with Gasteiger partial charge < -0.3 is 10.2 Å². The van der Waals surface area contributed by atoms with Crippen molar-refractivity contribution in [2.75, 3.05) is 18.4 Å². The molecule has 2 aromatic carbocycles. The van der Waals surface area contributed by atoms with E-state index in [1.54, 1.807) is 29.2 Å². The average Bonchev–Trinajstić information content (AvgIpc) is 2.68. The average molecular weight is 362 g/mol. The number of halogens is 3. The number of anilines is 1. The molecule has 0 spiro atoms. The van der Waals surface area contributed by atoms with E-state index in [0.717, 1.165) is 12.1 Å². The molecule has 26 heavy (non-hydrogen) atoms. The van der Waals surface area contributed by atoms with Crippen LogP contribution in [0.25, 0.3) is 0 Å². The third kappa shape index (κ3) is 3.71. The number of rotatable bonds is 3. The fraction of sp³-hybridized carbons (Fsp3) is 0.263. The third-order valence-electron chi connectivity index (χ3n) is 4.47. The molecule has 0 aromatic heterocycles. The second-order valence-electron chi connectivity index (χ2n) is 6.14. The van der Waals surface area contributed by atoms with Crippen molar-refractivity contribution in [2.45, 2.75) is 12.8 Å². The zero-order valence-corrected chi connectivity index (χ0v) is 13.8. The van der Waals surface area contributed by atoms with Crippen LogP contribution in [0.2, 0.25) is 0 Å². The first-order chi connectivity index (χ1) is 12.5. The minimum Gasteiger partial charge on any atom is -0.339 e. The van der Waals surface area contributed by atoms with E-state index in [4.69, 9.17) is 0 Å². The van der Waals surface area contributed by atoms with Gasteiger partial charge in [-0.15, -0.1) is 0 Å². The first-order valence-corrected chi connectivity index (χ1v) is 8.26. The molecule has 136 valence electrons. The molecule has 1 aliphatic rings. The van der Waals surface area contributed by atoms with Crippen LogP contribution in [0.5, 0.6) is 0 Å². The number of hydrogen-bond donors (Lipinski definition) is 1. The number of likely N-dealkylation sites (tertiary alicyclic amines) is 1. The SMILES string of the molecule is O=C(Nc1ccc(F)c(F)c1F)C1CCN(C(=O)c2ccccc2)CC1. The van der Waals surface area contributed by atoms with Crippen LogP contribution in [0.15, 0.2) is 42.5 Å². The van der Waals surface area contributed by atoms with Gasteiger partial charge in [-0.3, -0.25) is 9.59 Å². The first-order valence-electron chi connectivity index (χ1n) is 8.26. The Morgan fingerprint density at radius 3 is 2.23 bits per heavy atom. The van der Waals surface area contributed by atoms with E-state index in [2.05, 4.69) is 5.32 Å². The largest absolute Gasteiger partial charge is 0.339 e. The van der Waals surface area contributed by atoms with Gasteiger partial charge in [0.05, 0.1) is 5.69 Å². The van der Waals surface area contributed by atoms with Gasteiger partial charge in [-0.25, -0.2) is 13.2 Å². The summed E-state index contributed by atoms with van der Waals surface area (Å²) in [7, 11) is 0. The highest BCUT2D eigenvalue weighted by molar-refractivity contribution is 5.95. The lowest BCUT2D eigenvalue weighted by atomic mass is 9.95. The molecule has 0 unspecified atom stereocenters. The molecule has 1 fully saturated rings. The van der Waals surface area contributed by atoms with Crippen LogP contribution in [0.1, 0.15) is 23.2 Å². The fourth-order valence-electron chi connectivity index (χ4n) is 2.97. The second kappa shape index (κ2) is 7.59. The lowest BCUT2D eigenvalue weighted by Crippen LogP contribution is -2.41. The van der Waals surface area contributed by atoms with E-state index >= 15 is 0 Å². The number of nitrogens with one attached hydrogen (secondary N) is 1. The predicted molar refractivity (Wildman–Crippen MR) is 90.0 cm³/mol. The highest BCUT2D eigenvalue weighted by atomic mass is 19.2. The molecule has 1 N–H and O–H groups in total. The number of amides is 2. The monoisotopic (exact) mass is 362 g/mol. The number of nitrogens with zero attached hydrogens (tertiary/aromatic N) is 1. The summed E-state index contributed by atoms with van der Waals surface area (Å²) in [4.78, 5) is 26.3. The Labute approximate surface area is 148 Å². The zero-order valence-electron chi connectivity index (χ0n) is 13.8. The summed E-state index contributed by atoms with van der Waals surface area (Å²) in [6.45, 7) is 0.790. The molecule has 3 rings (SSSR count). The molecule has 0 radical (unpaired) electrons. The van der Waals surface area contributed by atoms with Gasteiger partial charge in [0.25, 0.3) is 5.91 Å². The van der Waals surface area contributed by atoms with Gasteiger partial charge in [0.2, 0.25) is 5.91 Å². The smallest absolute Gasteiger partial charge is 0.253 e. The lowest BCUT2D eigenvalue weighted by Gasteiger charge is -2.31. The maximum Gasteiger partial charge on any atom is 0.253 e. The van der Waals surface area contributed by atoms with Crippen LogP contribution in [0.3, 0.4) is 0 Å².